The number of aromatic nitrogens is 1. The molecule has 3 nitrogen and oxygen atoms in total. The molecule has 1 aliphatic heterocycles. The third kappa shape index (κ3) is 3.27. The summed E-state index contributed by atoms with van der Waals surface area (Å²) in [5.41, 5.74) is 1.32. The third-order valence-corrected chi connectivity index (χ3v) is 4.69. The monoisotopic (exact) mass is 259 g/mol. The maximum Gasteiger partial charge on any atom is 0.0397 e. The largest absolute Gasteiger partial charge is 0.371 e. The van der Waals surface area contributed by atoms with Crippen LogP contribution in [0.4, 0.5) is 5.69 Å². The van der Waals surface area contributed by atoms with Gasteiger partial charge in [-0.2, -0.15) is 0 Å². The molecule has 2 fully saturated rings. The Bertz CT molecular complexity index is 384. The van der Waals surface area contributed by atoms with E-state index in [0.717, 1.165) is 18.0 Å². The van der Waals surface area contributed by atoms with Crippen molar-refractivity contribution in [1.82, 2.24) is 10.3 Å². The van der Waals surface area contributed by atoms with E-state index in [-0.39, 0.29) is 0 Å². The second kappa shape index (κ2) is 5.91. The van der Waals surface area contributed by atoms with Crippen molar-refractivity contribution in [2.75, 3.05) is 18.0 Å². The third-order valence-electron chi connectivity index (χ3n) is 4.69. The van der Waals surface area contributed by atoms with Crippen LogP contribution in [0.3, 0.4) is 0 Å². The molecule has 2 aliphatic rings. The van der Waals surface area contributed by atoms with Crippen LogP contribution in [0, 0.1) is 5.92 Å². The zero-order valence-corrected chi connectivity index (χ0v) is 11.9. The molecule has 1 aromatic heterocycles. The summed E-state index contributed by atoms with van der Waals surface area (Å²) in [6.45, 7) is 4.72. The Kier molecular flexibility index (Phi) is 4.02. The van der Waals surface area contributed by atoms with E-state index in [0.29, 0.717) is 0 Å². The van der Waals surface area contributed by atoms with Crippen molar-refractivity contribution < 1.29 is 0 Å². The molecule has 2 heterocycles. The standard InChI is InChI=1S/C16H25N3/c1-13-2-3-15(12-13)18-14-6-10-19(11-7-14)16-4-8-17-9-5-16/h4-5,8-9,13-15,18H,2-3,6-7,10-12H2,1H3. The Morgan fingerprint density at radius 1 is 1.05 bits per heavy atom. The van der Waals surface area contributed by atoms with Crippen molar-refractivity contribution in [2.24, 2.45) is 5.92 Å². The lowest BCUT2D eigenvalue weighted by molar-refractivity contribution is 0.363. The lowest BCUT2D eigenvalue weighted by atomic mass is 10.0. The topological polar surface area (TPSA) is 28.2 Å². The number of nitrogens with zero attached hydrogens (tertiary/aromatic N) is 2. The van der Waals surface area contributed by atoms with Crippen LogP contribution in [-0.4, -0.2) is 30.2 Å². The van der Waals surface area contributed by atoms with E-state index in [1.807, 2.05) is 12.4 Å². The number of hydrogen-bond donors (Lipinski definition) is 1. The molecule has 2 atom stereocenters. The molecule has 0 amide bonds. The van der Waals surface area contributed by atoms with Crippen LogP contribution in [0.2, 0.25) is 0 Å². The van der Waals surface area contributed by atoms with Gasteiger partial charge in [-0.3, -0.25) is 4.98 Å². The van der Waals surface area contributed by atoms with Gasteiger partial charge in [0.25, 0.3) is 0 Å². The Labute approximate surface area is 116 Å². The van der Waals surface area contributed by atoms with Crippen LogP contribution >= 0.6 is 0 Å². The van der Waals surface area contributed by atoms with Gasteiger partial charge in [0, 0.05) is 43.3 Å². The van der Waals surface area contributed by atoms with Crippen molar-refractivity contribution in [1.29, 1.82) is 0 Å². The van der Waals surface area contributed by atoms with E-state index in [9.17, 15) is 0 Å². The van der Waals surface area contributed by atoms with Gasteiger partial charge in [-0.15, -0.1) is 0 Å². The number of rotatable bonds is 3. The van der Waals surface area contributed by atoms with Crippen molar-refractivity contribution in [3.63, 3.8) is 0 Å². The minimum absolute atomic E-state index is 0.730. The summed E-state index contributed by atoms with van der Waals surface area (Å²) in [6.07, 6.45) is 10.5. The number of hydrogen-bond acceptors (Lipinski definition) is 3. The summed E-state index contributed by atoms with van der Waals surface area (Å²) < 4.78 is 0. The minimum Gasteiger partial charge on any atom is -0.371 e. The van der Waals surface area contributed by atoms with Crippen molar-refractivity contribution in [3.8, 4) is 0 Å². The van der Waals surface area contributed by atoms with Crippen LogP contribution in [0.25, 0.3) is 0 Å². The normalized spacial score (nSPS) is 28.8. The quantitative estimate of drug-likeness (QED) is 0.904. The zero-order valence-electron chi connectivity index (χ0n) is 11.9. The van der Waals surface area contributed by atoms with Gasteiger partial charge in [0.2, 0.25) is 0 Å². The predicted octanol–water partition coefficient (Wildman–Crippen LogP) is 2.83. The molecule has 19 heavy (non-hydrogen) atoms. The highest BCUT2D eigenvalue weighted by atomic mass is 15.1. The highest BCUT2D eigenvalue weighted by Crippen LogP contribution is 2.26. The van der Waals surface area contributed by atoms with E-state index >= 15 is 0 Å². The zero-order chi connectivity index (χ0) is 13.1. The van der Waals surface area contributed by atoms with Gasteiger partial charge in [0.05, 0.1) is 0 Å². The van der Waals surface area contributed by atoms with Gasteiger partial charge < -0.3 is 10.2 Å². The maximum atomic E-state index is 4.09. The first-order valence-corrected chi connectivity index (χ1v) is 7.72. The molecule has 1 N–H and O–H groups in total. The van der Waals surface area contributed by atoms with Crippen molar-refractivity contribution in [3.05, 3.63) is 24.5 Å². The minimum atomic E-state index is 0.730. The van der Waals surface area contributed by atoms with Gasteiger partial charge in [-0.05, 0) is 50.2 Å². The summed E-state index contributed by atoms with van der Waals surface area (Å²) in [6, 6.07) is 5.75. The van der Waals surface area contributed by atoms with Gasteiger partial charge in [0.15, 0.2) is 0 Å². The lowest BCUT2D eigenvalue weighted by Gasteiger charge is -2.35. The Morgan fingerprint density at radius 3 is 2.42 bits per heavy atom. The number of anilines is 1. The van der Waals surface area contributed by atoms with Gasteiger partial charge in [-0.25, -0.2) is 0 Å². The molecule has 104 valence electrons. The summed E-state index contributed by atoms with van der Waals surface area (Å²) >= 11 is 0. The maximum absolute atomic E-state index is 4.09. The summed E-state index contributed by atoms with van der Waals surface area (Å²) in [7, 11) is 0. The predicted molar refractivity (Wildman–Crippen MR) is 79.4 cm³/mol. The summed E-state index contributed by atoms with van der Waals surface area (Å²) in [5.74, 6) is 0.925. The van der Waals surface area contributed by atoms with Crippen LogP contribution in [0.15, 0.2) is 24.5 Å². The van der Waals surface area contributed by atoms with E-state index < -0.39 is 0 Å². The fraction of sp³-hybridized carbons (Fsp3) is 0.688. The molecule has 1 saturated carbocycles. The van der Waals surface area contributed by atoms with Crippen LogP contribution < -0.4 is 10.2 Å². The lowest BCUT2D eigenvalue weighted by Crippen LogP contribution is -2.45. The fourth-order valence-electron chi connectivity index (χ4n) is 3.55. The number of pyridine rings is 1. The number of nitrogens with one attached hydrogen (secondary N) is 1. The fourth-order valence-corrected chi connectivity index (χ4v) is 3.55. The molecule has 1 saturated heterocycles. The molecular weight excluding hydrogens is 234 g/mol. The smallest absolute Gasteiger partial charge is 0.0397 e. The molecule has 1 aliphatic carbocycles. The van der Waals surface area contributed by atoms with Gasteiger partial charge >= 0.3 is 0 Å². The molecule has 0 bridgehead atoms. The molecule has 2 unspecified atom stereocenters. The average molecular weight is 259 g/mol. The molecule has 1 aromatic rings. The van der Waals surface area contributed by atoms with E-state index in [2.05, 4.69) is 34.3 Å². The van der Waals surface area contributed by atoms with Gasteiger partial charge in [-0.1, -0.05) is 6.92 Å². The first kappa shape index (κ1) is 12.9. The van der Waals surface area contributed by atoms with Crippen LogP contribution in [-0.2, 0) is 0 Å². The van der Waals surface area contributed by atoms with Crippen LogP contribution in [0.1, 0.15) is 39.0 Å². The first-order chi connectivity index (χ1) is 9.31. The van der Waals surface area contributed by atoms with E-state index in [1.165, 1.54) is 50.9 Å². The van der Waals surface area contributed by atoms with Crippen LogP contribution in [0.5, 0.6) is 0 Å². The first-order valence-electron chi connectivity index (χ1n) is 7.72. The molecule has 3 heteroatoms. The molecule has 0 radical (unpaired) electrons. The average Bonchev–Trinajstić information content (AvgIpc) is 2.86. The molecular formula is C16H25N3. The number of piperidine rings is 1. The SMILES string of the molecule is CC1CCC(NC2CCN(c3ccncc3)CC2)C1. The summed E-state index contributed by atoms with van der Waals surface area (Å²) in [4.78, 5) is 6.57. The summed E-state index contributed by atoms with van der Waals surface area (Å²) in [5, 5.41) is 3.88. The molecule has 3 rings (SSSR count). The Hall–Kier alpha value is -1.09. The highest BCUT2D eigenvalue weighted by Gasteiger charge is 2.26. The molecule has 0 aromatic carbocycles. The van der Waals surface area contributed by atoms with Crippen molar-refractivity contribution >= 4 is 5.69 Å². The Morgan fingerprint density at radius 2 is 1.79 bits per heavy atom. The second-order valence-corrected chi connectivity index (χ2v) is 6.25. The van der Waals surface area contributed by atoms with E-state index in [1.54, 1.807) is 0 Å². The van der Waals surface area contributed by atoms with Crippen molar-refractivity contribution in [2.45, 2.75) is 51.1 Å². The Balaban J connectivity index is 1.47. The second-order valence-electron chi connectivity index (χ2n) is 6.25. The van der Waals surface area contributed by atoms with E-state index in [4.69, 9.17) is 0 Å². The highest BCUT2D eigenvalue weighted by molar-refractivity contribution is 5.44. The van der Waals surface area contributed by atoms with Gasteiger partial charge in [0.1, 0.15) is 0 Å². The molecule has 0 spiro atoms.